The first kappa shape index (κ1) is 18.0. The summed E-state index contributed by atoms with van der Waals surface area (Å²) in [5, 5.41) is 10.2. The fraction of sp³-hybridized carbons (Fsp3) is 0.286. The zero-order chi connectivity index (χ0) is 18.5. The van der Waals surface area contributed by atoms with Crippen molar-refractivity contribution in [2.75, 3.05) is 19.7 Å². The molecule has 0 aliphatic rings. The normalized spacial score (nSPS) is 10.9. The van der Waals surface area contributed by atoms with E-state index >= 15 is 0 Å². The summed E-state index contributed by atoms with van der Waals surface area (Å²) in [7, 11) is 0. The molecule has 3 rings (SSSR count). The van der Waals surface area contributed by atoms with Gasteiger partial charge in [0.05, 0.1) is 23.4 Å². The van der Waals surface area contributed by atoms with Gasteiger partial charge in [0.2, 0.25) is 0 Å². The lowest BCUT2D eigenvalue weighted by Crippen LogP contribution is -2.34. The number of carbonyl (C=O) groups excluding carboxylic acids is 1. The number of nitrogens with zero attached hydrogens (tertiary/aromatic N) is 3. The van der Waals surface area contributed by atoms with Crippen molar-refractivity contribution in [3.63, 3.8) is 0 Å². The molecule has 0 radical (unpaired) electrons. The van der Waals surface area contributed by atoms with Crippen LogP contribution in [-0.2, 0) is 0 Å². The minimum atomic E-state index is -0.0796. The van der Waals surface area contributed by atoms with E-state index in [2.05, 4.69) is 4.98 Å². The molecule has 2 heterocycles. The van der Waals surface area contributed by atoms with Crippen LogP contribution in [0.15, 0.2) is 48.8 Å². The molecule has 1 amide bonds. The monoisotopic (exact) mass is 349 g/mol. The quantitative estimate of drug-likeness (QED) is 0.740. The molecule has 1 N–H and O–H groups in total. The molecule has 26 heavy (non-hydrogen) atoms. The molecule has 0 unspecified atom stereocenters. The number of amides is 1. The Bertz CT molecular complexity index is 904. The highest BCUT2D eigenvalue weighted by atomic mass is 16.3. The second-order valence-corrected chi connectivity index (χ2v) is 6.33. The Balaban J connectivity index is 2.17. The van der Waals surface area contributed by atoms with E-state index < -0.39 is 0 Å². The van der Waals surface area contributed by atoms with E-state index in [0.717, 1.165) is 34.1 Å². The van der Waals surface area contributed by atoms with Crippen LogP contribution in [0.1, 0.15) is 29.3 Å². The highest BCUT2D eigenvalue weighted by Crippen LogP contribution is 2.26. The first-order valence-corrected chi connectivity index (χ1v) is 8.86. The molecule has 134 valence electrons. The number of pyridine rings is 2. The molecule has 3 aromatic rings. The lowest BCUT2D eigenvalue weighted by Gasteiger charge is -2.22. The molecule has 0 atom stereocenters. The van der Waals surface area contributed by atoms with Gasteiger partial charge < -0.3 is 10.0 Å². The molecule has 0 bridgehead atoms. The summed E-state index contributed by atoms with van der Waals surface area (Å²) in [4.78, 5) is 23.8. The molecule has 0 saturated heterocycles. The Morgan fingerprint density at radius 3 is 2.73 bits per heavy atom. The molecule has 0 spiro atoms. The van der Waals surface area contributed by atoms with Crippen molar-refractivity contribution in [2.45, 2.75) is 20.3 Å². The highest BCUT2D eigenvalue weighted by Gasteiger charge is 2.19. The van der Waals surface area contributed by atoms with Crippen molar-refractivity contribution in [1.82, 2.24) is 14.9 Å². The van der Waals surface area contributed by atoms with Gasteiger partial charge in [-0.1, -0.05) is 18.6 Å². The Morgan fingerprint density at radius 1 is 1.19 bits per heavy atom. The molecular formula is C21H23N3O2. The Hall–Kier alpha value is -2.79. The van der Waals surface area contributed by atoms with Gasteiger partial charge in [0.25, 0.3) is 5.91 Å². The van der Waals surface area contributed by atoms with Crippen LogP contribution in [0.5, 0.6) is 0 Å². The van der Waals surface area contributed by atoms with Crippen molar-refractivity contribution in [2.24, 2.45) is 0 Å². The van der Waals surface area contributed by atoms with Gasteiger partial charge in [-0.2, -0.15) is 0 Å². The van der Waals surface area contributed by atoms with E-state index in [9.17, 15) is 9.90 Å². The molecule has 0 aliphatic carbocycles. The smallest absolute Gasteiger partial charge is 0.254 e. The molecule has 0 saturated carbocycles. The Labute approximate surface area is 153 Å². The fourth-order valence-electron chi connectivity index (χ4n) is 3.05. The van der Waals surface area contributed by atoms with Crippen molar-refractivity contribution >= 4 is 16.8 Å². The fourth-order valence-corrected chi connectivity index (χ4v) is 3.05. The van der Waals surface area contributed by atoms with Crippen LogP contribution in [0.4, 0.5) is 0 Å². The third-order valence-corrected chi connectivity index (χ3v) is 4.30. The number of aliphatic hydroxyl groups is 1. The van der Waals surface area contributed by atoms with Crippen molar-refractivity contribution in [1.29, 1.82) is 0 Å². The van der Waals surface area contributed by atoms with Gasteiger partial charge in [0.1, 0.15) is 0 Å². The number of fused-ring (bicyclic) bond motifs is 1. The van der Waals surface area contributed by atoms with E-state index in [4.69, 9.17) is 4.98 Å². The maximum absolute atomic E-state index is 13.2. The summed E-state index contributed by atoms with van der Waals surface area (Å²) < 4.78 is 0. The molecule has 0 aliphatic heterocycles. The largest absolute Gasteiger partial charge is 0.395 e. The number of aliphatic hydroxyl groups excluding tert-OH is 1. The van der Waals surface area contributed by atoms with Crippen molar-refractivity contribution in [3.8, 4) is 11.3 Å². The van der Waals surface area contributed by atoms with E-state index in [-0.39, 0.29) is 12.5 Å². The number of aromatic nitrogens is 2. The maximum atomic E-state index is 13.2. The summed E-state index contributed by atoms with van der Waals surface area (Å²) >= 11 is 0. The van der Waals surface area contributed by atoms with Crippen LogP contribution in [0.2, 0.25) is 0 Å². The number of benzene rings is 1. The molecule has 5 heteroatoms. The van der Waals surface area contributed by atoms with Gasteiger partial charge in [-0.05, 0) is 43.7 Å². The van der Waals surface area contributed by atoms with Crippen LogP contribution < -0.4 is 0 Å². The molecule has 2 aromatic heterocycles. The third-order valence-electron chi connectivity index (χ3n) is 4.30. The average Bonchev–Trinajstić information content (AvgIpc) is 2.67. The predicted molar refractivity (Wildman–Crippen MR) is 103 cm³/mol. The molecular weight excluding hydrogens is 326 g/mol. The Morgan fingerprint density at radius 2 is 2.04 bits per heavy atom. The number of hydrogen-bond donors (Lipinski definition) is 1. The van der Waals surface area contributed by atoms with E-state index in [1.165, 1.54) is 0 Å². The molecule has 0 fully saturated rings. The minimum Gasteiger partial charge on any atom is -0.395 e. The zero-order valence-corrected chi connectivity index (χ0v) is 15.1. The SMILES string of the molecule is CCCN(CCO)C(=O)c1cc(-c2cccnc2)nc2ccc(C)cc12. The highest BCUT2D eigenvalue weighted by molar-refractivity contribution is 6.07. The van der Waals surface area contributed by atoms with Crippen molar-refractivity contribution in [3.05, 3.63) is 59.9 Å². The zero-order valence-electron chi connectivity index (χ0n) is 15.1. The molecule has 5 nitrogen and oxygen atoms in total. The number of aryl methyl sites for hydroxylation is 1. The first-order valence-electron chi connectivity index (χ1n) is 8.86. The third kappa shape index (κ3) is 3.73. The summed E-state index contributed by atoms with van der Waals surface area (Å²) in [6.07, 6.45) is 4.29. The standard InChI is InChI=1S/C21H23N3O2/c1-3-9-24(10-11-25)21(26)18-13-20(16-5-4-8-22-14-16)23-19-7-6-15(2)12-17(18)19/h4-8,12-14,25H,3,9-11H2,1-2H3. The summed E-state index contributed by atoms with van der Waals surface area (Å²) in [6.45, 7) is 4.90. The summed E-state index contributed by atoms with van der Waals surface area (Å²) in [5.74, 6) is -0.0796. The van der Waals surface area contributed by atoms with Crippen LogP contribution in [0, 0.1) is 6.92 Å². The lowest BCUT2D eigenvalue weighted by atomic mass is 10.0. The van der Waals surface area contributed by atoms with Gasteiger partial charge in [-0.3, -0.25) is 9.78 Å². The van der Waals surface area contributed by atoms with Gasteiger partial charge in [-0.15, -0.1) is 0 Å². The maximum Gasteiger partial charge on any atom is 0.254 e. The van der Waals surface area contributed by atoms with Gasteiger partial charge in [0.15, 0.2) is 0 Å². The predicted octanol–water partition coefficient (Wildman–Crippen LogP) is 3.45. The second-order valence-electron chi connectivity index (χ2n) is 6.33. The minimum absolute atomic E-state index is 0.0523. The lowest BCUT2D eigenvalue weighted by molar-refractivity contribution is 0.0724. The van der Waals surface area contributed by atoms with Crippen LogP contribution in [-0.4, -0.2) is 45.6 Å². The number of carbonyl (C=O) groups is 1. The van der Waals surface area contributed by atoms with Crippen LogP contribution in [0.25, 0.3) is 22.2 Å². The summed E-state index contributed by atoms with van der Waals surface area (Å²) in [6, 6.07) is 11.5. The molecule has 1 aromatic carbocycles. The second kappa shape index (κ2) is 8.06. The van der Waals surface area contributed by atoms with E-state index in [1.807, 2.05) is 50.2 Å². The summed E-state index contributed by atoms with van der Waals surface area (Å²) in [5.41, 5.74) is 4.05. The Kier molecular flexibility index (Phi) is 5.58. The van der Waals surface area contributed by atoms with E-state index in [1.54, 1.807) is 17.3 Å². The first-order chi connectivity index (χ1) is 12.6. The average molecular weight is 349 g/mol. The number of hydrogen-bond acceptors (Lipinski definition) is 4. The van der Waals surface area contributed by atoms with Gasteiger partial charge in [-0.25, -0.2) is 4.98 Å². The van der Waals surface area contributed by atoms with Crippen LogP contribution >= 0.6 is 0 Å². The van der Waals surface area contributed by atoms with Gasteiger partial charge in [0, 0.05) is 36.4 Å². The van der Waals surface area contributed by atoms with E-state index in [0.29, 0.717) is 18.7 Å². The van der Waals surface area contributed by atoms with Crippen molar-refractivity contribution < 1.29 is 9.90 Å². The number of rotatable bonds is 6. The van der Waals surface area contributed by atoms with Crippen LogP contribution in [0.3, 0.4) is 0 Å². The topological polar surface area (TPSA) is 66.3 Å². The van der Waals surface area contributed by atoms with Gasteiger partial charge >= 0.3 is 0 Å².